The molecule has 0 aliphatic heterocycles. The van der Waals surface area contributed by atoms with E-state index in [1.807, 2.05) is 6.92 Å². The molecular formula is C8H14N2O3S. The van der Waals surface area contributed by atoms with Crippen LogP contribution in [-0.4, -0.2) is 38.9 Å². The number of nitrogens with zero attached hydrogens (tertiary/aromatic N) is 2. The van der Waals surface area contributed by atoms with E-state index in [2.05, 4.69) is 10.2 Å². The molecule has 2 N–H and O–H groups in total. The number of hydrogen-bond acceptors (Lipinski definition) is 6. The smallest absolute Gasteiger partial charge is 0.226 e. The fourth-order valence-corrected chi connectivity index (χ4v) is 1.61. The molecule has 0 spiro atoms. The van der Waals surface area contributed by atoms with Crippen molar-refractivity contribution in [3.63, 3.8) is 0 Å². The van der Waals surface area contributed by atoms with Crippen molar-refractivity contribution in [2.24, 2.45) is 0 Å². The van der Waals surface area contributed by atoms with Crippen LogP contribution >= 0.6 is 11.8 Å². The molecule has 1 rings (SSSR count). The second-order valence-electron chi connectivity index (χ2n) is 2.79. The Labute approximate surface area is 86.5 Å². The first-order valence-electron chi connectivity index (χ1n) is 4.44. The maximum Gasteiger partial charge on any atom is 0.226 e. The summed E-state index contributed by atoms with van der Waals surface area (Å²) in [6, 6.07) is 0. The number of aliphatic hydroxyl groups is 2. The highest BCUT2D eigenvalue weighted by molar-refractivity contribution is 7.98. The van der Waals surface area contributed by atoms with Crippen molar-refractivity contribution in [1.29, 1.82) is 0 Å². The van der Waals surface area contributed by atoms with Crippen LogP contribution in [0.1, 0.15) is 18.7 Å². The zero-order chi connectivity index (χ0) is 10.4. The Morgan fingerprint density at radius 2 is 2.14 bits per heavy atom. The lowest BCUT2D eigenvalue weighted by Gasteiger charge is -2.03. The van der Waals surface area contributed by atoms with Crippen LogP contribution in [0.15, 0.2) is 4.42 Å². The Bertz CT molecular complexity index is 267. The molecule has 0 aromatic carbocycles. The number of aliphatic hydroxyl groups excluding tert-OH is 2. The third-order valence-electron chi connectivity index (χ3n) is 1.56. The normalized spacial score (nSPS) is 13.1. The molecule has 0 aliphatic rings. The Morgan fingerprint density at radius 1 is 1.43 bits per heavy atom. The first-order valence-corrected chi connectivity index (χ1v) is 5.59. The molecule has 6 heteroatoms. The molecule has 0 bridgehead atoms. The fourth-order valence-electron chi connectivity index (χ4n) is 0.825. The summed E-state index contributed by atoms with van der Waals surface area (Å²) in [6.45, 7) is 1.73. The molecule has 5 nitrogen and oxygen atoms in total. The van der Waals surface area contributed by atoms with Crippen LogP contribution in [0.2, 0.25) is 0 Å². The van der Waals surface area contributed by atoms with Gasteiger partial charge in [-0.15, -0.1) is 22.0 Å². The standard InChI is InChI=1S/C8H14N2O3S/c1-2-7-9-10-8(13-7)5-14-4-6(12)3-11/h6,11-12H,2-5H2,1H3. The molecule has 0 radical (unpaired) electrons. The van der Waals surface area contributed by atoms with Gasteiger partial charge in [-0.3, -0.25) is 0 Å². The van der Waals surface area contributed by atoms with Crippen molar-refractivity contribution in [2.75, 3.05) is 12.4 Å². The SMILES string of the molecule is CCc1nnc(CSCC(O)CO)o1. The molecule has 1 unspecified atom stereocenters. The maximum absolute atomic E-state index is 9.05. The van der Waals surface area contributed by atoms with Crippen LogP contribution < -0.4 is 0 Å². The van der Waals surface area contributed by atoms with Crippen LogP contribution in [0, 0.1) is 0 Å². The zero-order valence-electron chi connectivity index (χ0n) is 8.01. The summed E-state index contributed by atoms with van der Waals surface area (Å²) >= 11 is 1.46. The van der Waals surface area contributed by atoms with Gasteiger partial charge in [0.15, 0.2) is 0 Å². The molecule has 1 heterocycles. The quantitative estimate of drug-likeness (QED) is 0.711. The molecule has 0 amide bonds. The lowest BCUT2D eigenvalue weighted by Crippen LogP contribution is -2.14. The summed E-state index contributed by atoms with van der Waals surface area (Å²) in [7, 11) is 0. The summed E-state index contributed by atoms with van der Waals surface area (Å²) in [5.41, 5.74) is 0. The van der Waals surface area contributed by atoms with Crippen LogP contribution in [-0.2, 0) is 12.2 Å². The van der Waals surface area contributed by atoms with Gasteiger partial charge < -0.3 is 14.6 Å². The Kier molecular flexibility index (Phi) is 4.92. The minimum atomic E-state index is -0.673. The predicted octanol–water partition coefficient (Wildman–Crippen LogP) is 0.218. The van der Waals surface area contributed by atoms with E-state index in [0.717, 1.165) is 6.42 Å². The van der Waals surface area contributed by atoms with E-state index in [1.54, 1.807) is 0 Å². The van der Waals surface area contributed by atoms with Gasteiger partial charge in [0.2, 0.25) is 11.8 Å². The average Bonchev–Trinajstić information content (AvgIpc) is 2.65. The van der Waals surface area contributed by atoms with Crippen molar-refractivity contribution >= 4 is 11.8 Å². The van der Waals surface area contributed by atoms with E-state index in [4.69, 9.17) is 14.6 Å². The summed E-state index contributed by atoms with van der Waals surface area (Å²) in [5.74, 6) is 2.24. The molecular weight excluding hydrogens is 204 g/mol. The summed E-state index contributed by atoms with van der Waals surface area (Å²) in [4.78, 5) is 0. The highest BCUT2D eigenvalue weighted by Crippen LogP contribution is 2.12. The molecule has 0 saturated carbocycles. The van der Waals surface area contributed by atoms with Crippen molar-refractivity contribution in [2.45, 2.75) is 25.2 Å². The maximum atomic E-state index is 9.05. The van der Waals surface area contributed by atoms with Gasteiger partial charge in [-0.25, -0.2) is 0 Å². The number of hydrogen-bond donors (Lipinski definition) is 2. The number of aryl methyl sites for hydroxylation is 1. The Morgan fingerprint density at radius 3 is 2.71 bits per heavy atom. The number of aromatic nitrogens is 2. The van der Waals surface area contributed by atoms with E-state index in [1.165, 1.54) is 11.8 Å². The molecule has 14 heavy (non-hydrogen) atoms. The fraction of sp³-hybridized carbons (Fsp3) is 0.750. The van der Waals surface area contributed by atoms with E-state index in [0.29, 0.717) is 23.3 Å². The highest BCUT2D eigenvalue weighted by Gasteiger charge is 2.06. The topological polar surface area (TPSA) is 79.4 Å². The third kappa shape index (κ3) is 3.65. The molecule has 0 fully saturated rings. The molecule has 80 valence electrons. The first kappa shape index (κ1) is 11.5. The number of thioether (sulfide) groups is 1. The van der Waals surface area contributed by atoms with Crippen LogP contribution in [0.25, 0.3) is 0 Å². The van der Waals surface area contributed by atoms with Gasteiger partial charge in [0.1, 0.15) is 0 Å². The number of rotatable bonds is 6. The highest BCUT2D eigenvalue weighted by atomic mass is 32.2. The van der Waals surface area contributed by atoms with Crippen molar-refractivity contribution in [3.05, 3.63) is 11.8 Å². The Balaban J connectivity index is 2.24. The van der Waals surface area contributed by atoms with Crippen LogP contribution in [0.5, 0.6) is 0 Å². The summed E-state index contributed by atoms with van der Waals surface area (Å²) in [6.07, 6.45) is 0.0604. The second kappa shape index (κ2) is 6.00. The van der Waals surface area contributed by atoms with Gasteiger partial charge in [0.25, 0.3) is 0 Å². The van der Waals surface area contributed by atoms with Gasteiger partial charge in [0, 0.05) is 12.2 Å². The van der Waals surface area contributed by atoms with E-state index < -0.39 is 6.10 Å². The molecule has 1 aromatic rings. The van der Waals surface area contributed by atoms with Crippen LogP contribution in [0.3, 0.4) is 0 Å². The zero-order valence-corrected chi connectivity index (χ0v) is 8.83. The molecule has 1 aromatic heterocycles. The van der Waals surface area contributed by atoms with Gasteiger partial charge in [-0.05, 0) is 0 Å². The molecule has 1 atom stereocenters. The molecule has 0 saturated heterocycles. The van der Waals surface area contributed by atoms with E-state index in [-0.39, 0.29) is 6.61 Å². The van der Waals surface area contributed by atoms with Crippen molar-refractivity contribution < 1.29 is 14.6 Å². The van der Waals surface area contributed by atoms with Gasteiger partial charge in [-0.1, -0.05) is 6.92 Å². The first-order chi connectivity index (χ1) is 6.76. The van der Waals surface area contributed by atoms with Gasteiger partial charge >= 0.3 is 0 Å². The monoisotopic (exact) mass is 218 g/mol. The van der Waals surface area contributed by atoms with E-state index in [9.17, 15) is 0 Å². The third-order valence-corrected chi connectivity index (χ3v) is 2.63. The van der Waals surface area contributed by atoms with Gasteiger partial charge in [0.05, 0.1) is 18.5 Å². The summed E-state index contributed by atoms with van der Waals surface area (Å²) < 4.78 is 5.26. The van der Waals surface area contributed by atoms with Crippen molar-refractivity contribution in [3.8, 4) is 0 Å². The second-order valence-corrected chi connectivity index (χ2v) is 3.82. The minimum Gasteiger partial charge on any atom is -0.424 e. The lowest BCUT2D eigenvalue weighted by atomic mass is 10.4. The lowest BCUT2D eigenvalue weighted by molar-refractivity contribution is 0.113. The predicted molar refractivity (Wildman–Crippen MR) is 52.9 cm³/mol. The van der Waals surface area contributed by atoms with Crippen LogP contribution in [0.4, 0.5) is 0 Å². The summed E-state index contributed by atoms with van der Waals surface area (Å²) in [5, 5.41) is 25.2. The van der Waals surface area contributed by atoms with Crippen molar-refractivity contribution in [1.82, 2.24) is 10.2 Å². The largest absolute Gasteiger partial charge is 0.424 e. The van der Waals surface area contributed by atoms with Gasteiger partial charge in [-0.2, -0.15) is 0 Å². The average molecular weight is 218 g/mol. The molecule has 0 aliphatic carbocycles. The Hall–Kier alpha value is -0.590. The van der Waals surface area contributed by atoms with E-state index >= 15 is 0 Å². The minimum absolute atomic E-state index is 0.211.